The van der Waals surface area contributed by atoms with Crippen molar-refractivity contribution in [1.29, 1.82) is 5.26 Å². The smallest absolute Gasteiger partial charge is 0.262 e. The van der Waals surface area contributed by atoms with Crippen LogP contribution in [0.4, 0.5) is 5.69 Å². The van der Waals surface area contributed by atoms with E-state index in [0.29, 0.717) is 11.3 Å². The van der Waals surface area contributed by atoms with Crippen LogP contribution in [0.15, 0.2) is 48.5 Å². The summed E-state index contributed by atoms with van der Waals surface area (Å²) in [5, 5.41) is 11.6. The molecule has 0 radical (unpaired) electrons. The molecular formula is C20H23N3O2. The van der Waals surface area contributed by atoms with Crippen LogP contribution in [-0.4, -0.2) is 30.5 Å². The summed E-state index contributed by atoms with van der Waals surface area (Å²) < 4.78 is 5.44. The summed E-state index contributed by atoms with van der Waals surface area (Å²) in [4.78, 5) is 14.4. The van der Waals surface area contributed by atoms with Crippen LogP contribution < -0.4 is 10.1 Å². The minimum absolute atomic E-state index is 0.0772. The Morgan fingerprint density at radius 2 is 1.88 bits per heavy atom. The van der Waals surface area contributed by atoms with Gasteiger partial charge in [0.25, 0.3) is 5.91 Å². The number of ether oxygens (including phenoxy) is 1. The van der Waals surface area contributed by atoms with Gasteiger partial charge in [-0.3, -0.25) is 9.69 Å². The number of nitrogens with one attached hydrogen (secondary N) is 1. The van der Waals surface area contributed by atoms with Gasteiger partial charge in [-0.15, -0.1) is 0 Å². The number of nitrogens with zero attached hydrogens (tertiary/aromatic N) is 2. The molecule has 5 heteroatoms. The largest absolute Gasteiger partial charge is 0.484 e. The molecule has 1 N–H and O–H groups in total. The molecule has 0 saturated carbocycles. The van der Waals surface area contributed by atoms with E-state index in [-0.39, 0.29) is 12.5 Å². The van der Waals surface area contributed by atoms with Gasteiger partial charge >= 0.3 is 0 Å². The Bertz CT molecular complexity index is 731. The van der Waals surface area contributed by atoms with Crippen LogP contribution in [0.25, 0.3) is 0 Å². The first kappa shape index (κ1) is 18.5. The van der Waals surface area contributed by atoms with Gasteiger partial charge in [0.2, 0.25) is 0 Å². The van der Waals surface area contributed by atoms with Crippen molar-refractivity contribution in [2.24, 2.45) is 0 Å². The number of benzene rings is 2. The van der Waals surface area contributed by atoms with Crippen LogP contribution in [0.3, 0.4) is 0 Å². The molecule has 0 atom stereocenters. The molecule has 0 saturated heterocycles. The fraction of sp³-hybridized carbons (Fsp3) is 0.300. The third-order valence-corrected chi connectivity index (χ3v) is 3.86. The number of hydrogen-bond donors (Lipinski definition) is 1. The zero-order chi connectivity index (χ0) is 18.1. The Kier molecular flexibility index (Phi) is 7.00. The maximum absolute atomic E-state index is 12.1. The number of amides is 1. The van der Waals surface area contributed by atoms with E-state index < -0.39 is 0 Å². The number of nitriles is 1. The minimum atomic E-state index is -0.218. The van der Waals surface area contributed by atoms with E-state index in [1.165, 1.54) is 0 Å². The quantitative estimate of drug-likeness (QED) is 0.801. The van der Waals surface area contributed by atoms with E-state index in [1.807, 2.05) is 24.3 Å². The number of anilines is 1. The van der Waals surface area contributed by atoms with Gasteiger partial charge in [0.1, 0.15) is 5.75 Å². The lowest BCUT2D eigenvalue weighted by atomic mass is 10.2. The predicted molar refractivity (Wildman–Crippen MR) is 98.3 cm³/mol. The van der Waals surface area contributed by atoms with Crippen LogP contribution in [0.5, 0.6) is 5.75 Å². The molecule has 0 heterocycles. The van der Waals surface area contributed by atoms with Crippen LogP contribution >= 0.6 is 0 Å². The molecule has 25 heavy (non-hydrogen) atoms. The highest BCUT2D eigenvalue weighted by molar-refractivity contribution is 5.91. The van der Waals surface area contributed by atoms with E-state index in [1.54, 1.807) is 24.3 Å². The Hall–Kier alpha value is -2.84. The van der Waals surface area contributed by atoms with E-state index in [2.05, 4.69) is 30.1 Å². The van der Waals surface area contributed by atoms with Gasteiger partial charge in [0, 0.05) is 12.2 Å². The molecule has 0 fully saturated rings. The van der Waals surface area contributed by atoms with Crippen LogP contribution in [-0.2, 0) is 11.3 Å². The molecule has 0 aliphatic rings. The monoisotopic (exact) mass is 337 g/mol. The maximum Gasteiger partial charge on any atom is 0.262 e. The molecule has 2 rings (SSSR count). The Morgan fingerprint density at radius 1 is 1.16 bits per heavy atom. The van der Waals surface area contributed by atoms with E-state index in [0.717, 1.165) is 30.9 Å². The molecule has 1 amide bonds. The zero-order valence-electron chi connectivity index (χ0n) is 14.7. The van der Waals surface area contributed by atoms with E-state index >= 15 is 0 Å². The van der Waals surface area contributed by atoms with Gasteiger partial charge in [-0.25, -0.2) is 0 Å². The highest BCUT2D eigenvalue weighted by Crippen LogP contribution is 2.14. The summed E-state index contributed by atoms with van der Waals surface area (Å²) in [7, 11) is 0. The van der Waals surface area contributed by atoms with Crippen LogP contribution in [0, 0.1) is 11.3 Å². The number of carbonyl (C=O) groups is 1. The Balaban J connectivity index is 1.88. The van der Waals surface area contributed by atoms with Crippen molar-refractivity contribution >= 4 is 11.6 Å². The first-order valence-corrected chi connectivity index (χ1v) is 8.38. The fourth-order valence-electron chi connectivity index (χ4n) is 2.42. The van der Waals surface area contributed by atoms with Gasteiger partial charge in [0.05, 0.1) is 11.6 Å². The van der Waals surface area contributed by atoms with Gasteiger partial charge in [-0.05, 0) is 55.1 Å². The van der Waals surface area contributed by atoms with Crippen molar-refractivity contribution in [1.82, 2.24) is 4.90 Å². The molecule has 0 unspecified atom stereocenters. The number of hydrogen-bond acceptors (Lipinski definition) is 4. The maximum atomic E-state index is 12.1. The average Bonchev–Trinajstić information content (AvgIpc) is 2.65. The van der Waals surface area contributed by atoms with Crippen LogP contribution in [0.2, 0.25) is 0 Å². The molecule has 0 aliphatic carbocycles. The van der Waals surface area contributed by atoms with Crippen LogP contribution in [0.1, 0.15) is 25.0 Å². The summed E-state index contributed by atoms with van der Waals surface area (Å²) in [6.45, 7) is 7.03. The Morgan fingerprint density at radius 3 is 2.52 bits per heavy atom. The third kappa shape index (κ3) is 5.94. The van der Waals surface area contributed by atoms with Gasteiger partial charge < -0.3 is 10.1 Å². The summed E-state index contributed by atoms with van der Waals surface area (Å²) in [5.41, 5.74) is 2.48. The predicted octanol–water partition coefficient (Wildman–Crippen LogP) is 3.42. The molecule has 0 aliphatic heterocycles. The van der Waals surface area contributed by atoms with E-state index in [9.17, 15) is 4.79 Å². The van der Waals surface area contributed by atoms with Crippen molar-refractivity contribution < 1.29 is 9.53 Å². The zero-order valence-corrected chi connectivity index (χ0v) is 14.7. The van der Waals surface area contributed by atoms with Gasteiger partial charge in [-0.1, -0.05) is 26.0 Å². The summed E-state index contributed by atoms with van der Waals surface area (Å²) in [6.07, 6.45) is 0. The molecule has 2 aromatic carbocycles. The lowest BCUT2D eigenvalue weighted by molar-refractivity contribution is -0.118. The number of carbonyl (C=O) groups excluding carboxylic acids is 1. The lowest BCUT2D eigenvalue weighted by Gasteiger charge is -2.18. The van der Waals surface area contributed by atoms with Crippen molar-refractivity contribution in [3.63, 3.8) is 0 Å². The molecule has 5 nitrogen and oxygen atoms in total. The highest BCUT2D eigenvalue weighted by Gasteiger charge is 2.06. The van der Waals surface area contributed by atoms with E-state index in [4.69, 9.17) is 10.00 Å². The Labute approximate surface area is 148 Å². The molecule has 0 bridgehead atoms. The van der Waals surface area contributed by atoms with Gasteiger partial charge in [0.15, 0.2) is 6.61 Å². The first-order valence-electron chi connectivity index (χ1n) is 8.38. The lowest BCUT2D eigenvalue weighted by Crippen LogP contribution is -2.22. The van der Waals surface area contributed by atoms with Crippen molar-refractivity contribution in [2.45, 2.75) is 20.4 Å². The second-order valence-electron chi connectivity index (χ2n) is 5.63. The second-order valence-corrected chi connectivity index (χ2v) is 5.63. The van der Waals surface area contributed by atoms with Crippen molar-refractivity contribution in [2.75, 3.05) is 25.0 Å². The minimum Gasteiger partial charge on any atom is -0.484 e. The summed E-state index contributed by atoms with van der Waals surface area (Å²) in [5.74, 6) is 0.341. The second kappa shape index (κ2) is 9.45. The summed E-state index contributed by atoms with van der Waals surface area (Å²) in [6, 6.07) is 16.6. The first-order chi connectivity index (χ1) is 12.1. The molecular weight excluding hydrogens is 314 g/mol. The average molecular weight is 337 g/mol. The SMILES string of the molecule is CCN(CC)Cc1cccc(NC(=O)COc2ccc(C#N)cc2)c1. The fourth-order valence-corrected chi connectivity index (χ4v) is 2.42. The molecule has 2 aromatic rings. The molecule has 0 spiro atoms. The topological polar surface area (TPSA) is 65.4 Å². The normalized spacial score (nSPS) is 10.3. The summed E-state index contributed by atoms with van der Waals surface area (Å²) >= 11 is 0. The van der Waals surface area contributed by atoms with Gasteiger partial charge in [-0.2, -0.15) is 5.26 Å². The standard InChI is InChI=1S/C20H23N3O2/c1-3-23(4-2)14-17-6-5-7-18(12-17)22-20(24)15-25-19-10-8-16(13-21)9-11-19/h5-12H,3-4,14-15H2,1-2H3,(H,22,24). The van der Waals surface area contributed by atoms with Crippen molar-refractivity contribution in [3.8, 4) is 11.8 Å². The highest BCUT2D eigenvalue weighted by atomic mass is 16.5. The van der Waals surface area contributed by atoms with Crippen molar-refractivity contribution in [3.05, 3.63) is 59.7 Å². The number of rotatable bonds is 8. The molecule has 0 aromatic heterocycles. The molecule has 130 valence electrons. The third-order valence-electron chi connectivity index (χ3n) is 3.86.